The molecular formula is C13H27N3. The lowest BCUT2D eigenvalue weighted by Gasteiger charge is -2.40. The maximum absolute atomic E-state index is 3.62. The Morgan fingerprint density at radius 1 is 1.00 bits per heavy atom. The molecule has 94 valence electrons. The van der Waals surface area contributed by atoms with Crippen LogP contribution < -0.4 is 5.32 Å². The molecule has 3 atom stereocenters. The summed E-state index contributed by atoms with van der Waals surface area (Å²) in [5.41, 5.74) is 0. The maximum Gasteiger partial charge on any atom is 0.0169 e. The Morgan fingerprint density at radius 2 is 1.69 bits per heavy atom. The molecule has 3 nitrogen and oxygen atoms in total. The standard InChI is InChI=1S/C13H27N3/c1-11-9-16(10-12(2)14-11)13-5-4-7-15(3)8-6-13/h11-14H,4-10H2,1-3H3. The van der Waals surface area contributed by atoms with Gasteiger partial charge in [0.25, 0.3) is 0 Å². The van der Waals surface area contributed by atoms with Crippen molar-refractivity contribution in [2.24, 2.45) is 0 Å². The molecule has 2 heterocycles. The summed E-state index contributed by atoms with van der Waals surface area (Å²) < 4.78 is 0. The van der Waals surface area contributed by atoms with Crippen LogP contribution >= 0.6 is 0 Å². The summed E-state index contributed by atoms with van der Waals surface area (Å²) in [6.45, 7) is 9.65. The Bertz CT molecular complexity index is 209. The minimum atomic E-state index is 0.657. The van der Waals surface area contributed by atoms with E-state index in [0.717, 1.165) is 6.04 Å². The van der Waals surface area contributed by atoms with Gasteiger partial charge in [0.05, 0.1) is 0 Å². The first-order valence-electron chi connectivity index (χ1n) is 6.84. The molecule has 0 aromatic rings. The van der Waals surface area contributed by atoms with Crippen LogP contribution in [-0.2, 0) is 0 Å². The maximum atomic E-state index is 3.62. The third-order valence-electron chi connectivity index (χ3n) is 4.02. The van der Waals surface area contributed by atoms with Crippen molar-refractivity contribution in [3.8, 4) is 0 Å². The average Bonchev–Trinajstić information content (AvgIpc) is 2.41. The molecule has 0 radical (unpaired) electrons. The van der Waals surface area contributed by atoms with Gasteiger partial charge in [-0.3, -0.25) is 4.90 Å². The number of hydrogen-bond acceptors (Lipinski definition) is 3. The van der Waals surface area contributed by atoms with E-state index in [1.165, 1.54) is 45.4 Å². The average molecular weight is 225 g/mol. The molecule has 3 heteroatoms. The molecule has 2 aliphatic heterocycles. The van der Waals surface area contributed by atoms with Crippen molar-refractivity contribution in [1.82, 2.24) is 15.1 Å². The molecular weight excluding hydrogens is 198 g/mol. The Morgan fingerprint density at radius 3 is 2.38 bits per heavy atom. The zero-order chi connectivity index (χ0) is 11.5. The summed E-state index contributed by atoms with van der Waals surface area (Å²) in [6.07, 6.45) is 4.12. The Kier molecular flexibility index (Phi) is 4.22. The molecule has 16 heavy (non-hydrogen) atoms. The quantitative estimate of drug-likeness (QED) is 0.722. The lowest BCUT2D eigenvalue weighted by molar-refractivity contribution is 0.113. The fourth-order valence-electron chi connectivity index (χ4n) is 3.25. The third-order valence-corrected chi connectivity index (χ3v) is 4.02. The Hall–Kier alpha value is -0.120. The van der Waals surface area contributed by atoms with Gasteiger partial charge in [0.1, 0.15) is 0 Å². The van der Waals surface area contributed by atoms with Gasteiger partial charge >= 0.3 is 0 Å². The summed E-state index contributed by atoms with van der Waals surface area (Å²) in [5, 5.41) is 3.62. The first-order chi connectivity index (χ1) is 7.65. The zero-order valence-electron chi connectivity index (χ0n) is 11.1. The molecule has 0 spiro atoms. The monoisotopic (exact) mass is 225 g/mol. The lowest BCUT2D eigenvalue weighted by atomic mass is 10.0. The predicted octanol–water partition coefficient (Wildman–Crippen LogP) is 1.15. The van der Waals surface area contributed by atoms with Gasteiger partial charge in [-0.15, -0.1) is 0 Å². The van der Waals surface area contributed by atoms with Crippen LogP contribution in [-0.4, -0.2) is 61.2 Å². The second kappa shape index (κ2) is 5.48. The summed E-state index contributed by atoms with van der Waals surface area (Å²) in [5.74, 6) is 0. The van der Waals surface area contributed by atoms with Crippen molar-refractivity contribution in [1.29, 1.82) is 0 Å². The summed E-state index contributed by atoms with van der Waals surface area (Å²) in [4.78, 5) is 5.21. The van der Waals surface area contributed by atoms with Crippen LogP contribution in [0.25, 0.3) is 0 Å². The van der Waals surface area contributed by atoms with Crippen LogP contribution in [0.1, 0.15) is 33.1 Å². The highest BCUT2D eigenvalue weighted by molar-refractivity contribution is 4.86. The molecule has 0 bridgehead atoms. The van der Waals surface area contributed by atoms with Crippen LogP contribution in [0.15, 0.2) is 0 Å². The van der Waals surface area contributed by atoms with Crippen molar-refractivity contribution in [2.75, 3.05) is 33.2 Å². The molecule has 2 saturated heterocycles. The summed E-state index contributed by atoms with van der Waals surface area (Å²) >= 11 is 0. The van der Waals surface area contributed by atoms with Crippen molar-refractivity contribution < 1.29 is 0 Å². The highest BCUT2D eigenvalue weighted by Gasteiger charge is 2.27. The zero-order valence-corrected chi connectivity index (χ0v) is 11.1. The van der Waals surface area contributed by atoms with Crippen LogP contribution in [0.4, 0.5) is 0 Å². The fourth-order valence-corrected chi connectivity index (χ4v) is 3.25. The molecule has 0 saturated carbocycles. The second-order valence-electron chi connectivity index (χ2n) is 5.81. The van der Waals surface area contributed by atoms with Crippen LogP contribution in [0.2, 0.25) is 0 Å². The van der Waals surface area contributed by atoms with E-state index in [2.05, 4.69) is 36.0 Å². The molecule has 0 aromatic heterocycles. The van der Waals surface area contributed by atoms with E-state index < -0.39 is 0 Å². The van der Waals surface area contributed by atoms with Crippen LogP contribution in [0.5, 0.6) is 0 Å². The minimum Gasteiger partial charge on any atom is -0.309 e. The molecule has 2 rings (SSSR count). The number of rotatable bonds is 1. The van der Waals surface area contributed by atoms with Crippen molar-refractivity contribution >= 4 is 0 Å². The predicted molar refractivity (Wildman–Crippen MR) is 68.8 cm³/mol. The smallest absolute Gasteiger partial charge is 0.0169 e. The Labute approximate surface area is 100 Å². The van der Waals surface area contributed by atoms with Gasteiger partial charge in [0.2, 0.25) is 0 Å². The van der Waals surface area contributed by atoms with E-state index in [9.17, 15) is 0 Å². The van der Waals surface area contributed by atoms with Crippen molar-refractivity contribution in [2.45, 2.75) is 51.2 Å². The number of piperazine rings is 1. The van der Waals surface area contributed by atoms with E-state index in [1.807, 2.05) is 0 Å². The fraction of sp³-hybridized carbons (Fsp3) is 1.00. The van der Waals surface area contributed by atoms with Gasteiger partial charge < -0.3 is 10.2 Å². The van der Waals surface area contributed by atoms with Crippen LogP contribution in [0, 0.1) is 0 Å². The molecule has 0 amide bonds. The number of nitrogens with one attached hydrogen (secondary N) is 1. The summed E-state index contributed by atoms with van der Waals surface area (Å²) in [7, 11) is 2.26. The first-order valence-corrected chi connectivity index (χ1v) is 6.84. The highest BCUT2D eigenvalue weighted by Crippen LogP contribution is 2.18. The lowest BCUT2D eigenvalue weighted by Crippen LogP contribution is -2.57. The van der Waals surface area contributed by atoms with Crippen molar-refractivity contribution in [3.05, 3.63) is 0 Å². The van der Waals surface area contributed by atoms with E-state index >= 15 is 0 Å². The van der Waals surface area contributed by atoms with Crippen LogP contribution in [0.3, 0.4) is 0 Å². The summed E-state index contributed by atoms with van der Waals surface area (Å²) in [6, 6.07) is 2.14. The molecule has 2 fully saturated rings. The van der Waals surface area contributed by atoms with E-state index in [4.69, 9.17) is 0 Å². The second-order valence-corrected chi connectivity index (χ2v) is 5.81. The van der Waals surface area contributed by atoms with Gasteiger partial charge in [-0.05, 0) is 53.2 Å². The van der Waals surface area contributed by atoms with Gasteiger partial charge in [-0.1, -0.05) is 0 Å². The molecule has 1 N–H and O–H groups in total. The number of nitrogens with zero attached hydrogens (tertiary/aromatic N) is 2. The molecule has 2 aliphatic rings. The van der Waals surface area contributed by atoms with Gasteiger partial charge in [-0.2, -0.15) is 0 Å². The molecule has 0 aliphatic carbocycles. The minimum absolute atomic E-state index is 0.657. The topological polar surface area (TPSA) is 18.5 Å². The van der Waals surface area contributed by atoms with Gasteiger partial charge in [0.15, 0.2) is 0 Å². The van der Waals surface area contributed by atoms with Crippen molar-refractivity contribution in [3.63, 3.8) is 0 Å². The van der Waals surface area contributed by atoms with Gasteiger partial charge in [-0.25, -0.2) is 0 Å². The molecule has 3 unspecified atom stereocenters. The number of likely N-dealkylation sites (tertiary alicyclic amines) is 1. The number of hydrogen-bond donors (Lipinski definition) is 1. The normalized spacial score (nSPS) is 39.6. The van der Waals surface area contributed by atoms with E-state index in [0.29, 0.717) is 12.1 Å². The SMILES string of the molecule is CC1CN(C2CCCN(C)CC2)CC(C)N1. The van der Waals surface area contributed by atoms with E-state index in [1.54, 1.807) is 0 Å². The largest absolute Gasteiger partial charge is 0.309 e. The highest BCUT2D eigenvalue weighted by atomic mass is 15.2. The molecule has 0 aromatic carbocycles. The Balaban J connectivity index is 1.90. The van der Waals surface area contributed by atoms with Gasteiger partial charge in [0, 0.05) is 31.2 Å². The third kappa shape index (κ3) is 3.19. The van der Waals surface area contributed by atoms with E-state index in [-0.39, 0.29) is 0 Å². The first kappa shape index (κ1) is 12.3.